The Morgan fingerprint density at radius 1 is 1.00 bits per heavy atom. The minimum atomic E-state index is 0.823. The van der Waals surface area contributed by atoms with Crippen molar-refractivity contribution >= 4 is 23.4 Å². The highest BCUT2D eigenvalue weighted by atomic mass is 35.5. The lowest BCUT2D eigenvalue weighted by Crippen LogP contribution is -2.26. The number of nitrogens with zero attached hydrogens (tertiary/aromatic N) is 1. The molecule has 1 nitrogen and oxygen atoms in total. The van der Waals surface area contributed by atoms with Gasteiger partial charge in [0, 0.05) is 9.92 Å². The van der Waals surface area contributed by atoms with Gasteiger partial charge in [-0.15, -0.1) is 11.8 Å². The van der Waals surface area contributed by atoms with Gasteiger partial charge in [0.2, 0.25) is 0 Å². The minimum absolute atomic E-state index is 0.823. The molecule has 0 aromatic heterocycles. The smallest absolute Gasteiger partial charge is 0.0406 e. The normalized spacial score (nSPS) is 17.6. The maximum absolute atomic E-state index is 5.87. The zero-order valence-electron chi connectivity index (χ0n) is 10.9. The number of halogens is 1. The summed E-state index contributed by atoms with van der Waals surface area (Å²) < 4.78 is 0. The summed E-state index contributed by atoms with van der Waals surface area (Å²) in [7, 11) is 0. The molecule has 100 valence electrons. The third-order valence-corrected chi connectivity index (χ3v) is 4.75. The quantitative estimate of drug-likeness (QED) is 0.569. The van der Waals surface area contributed by atoms with E-state index >= 15 is 0 Å². The molecule has 0 spiro atoms. The van der Waals surface area contributed by atoms with Gasteiger partial charge in [-0.1, -0.05) is 24.4 Å². The second-order valence-electron chi connectivity index (χ2n) is 4.91. The lowest BCUT2D eigenvalue weighted by Gasteiger charge is -2.19. The number of rotatable bonds is 5. The maximum atomic E-state index is 5.87. The number of likely N-dealkylation sites (tertiary alicyclic amines) is 1. The van der Waals surface area contributed by atoms with Crippen LogP contribution in [-0.4, -0.2) is 30.3 Å². The van der Waals surface area contributed by atoms with Crippen LogP contribution >= 0.6 is 23.4 Å². The Balaban J connectivity index is 1.61. The maximum Gasteiger partial charge on any atom is 0.0406 e. The largest absolute Gasteiger partial charge is 0.303 e. The van der Waals surface area contributed by atoms with Gasteiger partial charge in [0.25, 0.3) is 0 Å². The van der Waals surface area contributed by atoms with Crippen LogP contribution in [0.5, 0.6) is 0 Å². The van der Waals surface area contributed by atoms with Crippen LogP contribution in [0, 0.1) is 0 Å². The molecule has 0 aliphatic carbocycles. The van der Waals surface area contributed by atoms with Crippen molar-refractivity contribution in [2.75, 3.05) is 25.4 Å². The Hall–Kier alpha value is -0.180. The molecule has 0 amide bonds. The third-order valence-electron chi connectivity index (χ3n) is 3.40. The summed E-state index contributed by atoms with van der Waals surface area (Å²) >= 11 is 7.81. The van der Waals surface area contributed by atoms with Gasteiger partial charge in [-0.3, -0.25) is 0 Å². The first kappa shape index (κ1) is 14.2. The monoisotopic (exact) mass is 283 g/mol. The Morgan fingerprint density at radius 2 is 1.67 bits per heavy atom. The second kappa shape index (κ2) is 8.08. The highest BCUT2D eigenvalue weighted by Gasteiger charge is 2.07. The molecule has 1 heterocycles. The highest BCUT2D eigenvalue weighted by Crippen LogP contribution is 2.21. The topological polar surface area (TPSA) is 3.24 Å². The zero-order valence-corrected chi connectivity index (χ0v) is 12.5. The van der Waals surface area contributed by atoms with Gasteiger partial charge >= 0.3 is 0 Å². The van der Waals surface area contributed by atoms with Crippen LogP contribution in [-0.2, 0) is 0 Å². The van der Waals surface area contributed by atoms with Gasteiger partial charge < -0.3 is 4.90 Å². The molecule has 0 N–H and O–H groups in total. The Bertz CT molecular complexity index is 331. The predicted molar refractivity (Wildman–Crippen MR) is 81.7 cm³/mol. The fourth-order valence-corrected chi connectivity index (χ4v) is 3.33. The first-order valence-electron chi connectivity index (χ1n) is 6.95. The van der Waals surface area contributed by atoms with Crippen molar-refractivity contribution in [2.24, 2.45) is 0 Å². The van der Waals surface area contributed by atoms with Gasteiger partial charge in [-0.2, -0.15) is 0 Å². The molecule has 1 aromatic carbocycles. The molecule has 1 saturated heterocycles. The molecule has 1 fully saturated rings. The molecule has 0 radical (unpaired) electrons. The second-order valence-corrected chi connectivity index (χ2v) is 6.52. The average Bonchev–Trinajstić information content (AvgIpc) is 2.65. The van der Waals surface area contributed by atoms with E-state index in [0.717, 1.165) is 5.02 Å². The zero-order chi connectivity index (χ0) is 12.6. The summed E-state index contributed by atoms with van der Waals surface area (Å²) in [6.07, 6.45) is 6.92. The summed E-state index contributed by atoms with van der Waals surface area (Å²) in [4.78, 5) is 3.96. The van der Waals surface area contributed by atoms with Crippen molar-refractivity contribution in [1.82, 2.24) is 4.90 Å². The van der Waals surface area contributed by atoms with E-state index in [1.165, 1.54) is 62.4 Å². The van der Waals surface area contributed by atoms with Crippen LogP contribution in [0.3, 0.4) is 0 Å². The van der Waals surface area contributed by atoms with E-state index in [1.807, 2.05) is 23.9 Å². The Morgan fingerprint density at radius 3 is 2.33 bits per heavy atom. The average molecular weight is 284 g/mol. The molecule has 2 rings (SSSR count). The van der Waals surface area contributed by atoms with Gasteiger partial charge in [-0.25, -0.2) is 0 Å². The fraction of sp³-hybridized carbons (Fsp3) is 0.600. The Kier molecular flexibility index (Phi) is 6.39. The first-order chi connectivity index (χ1) is 8.84. The van der Waals surface area contributed by atoms with E-state index in [2.05, 4.69) is 17.0 Å². The molecule has 0 unspecified atom stereocenters. The number of thioether (sulfide) groups is 1. The molecule has 1 aliphatic rings. The highest BCUT2D eigenvalue weighted by molar-refractivity contribution is 7.99. The van der Waals surface area contributed by atoms with Gasteiger partial charge in [-0.05, 0) is 68.9 Å². The third kappa shape index (κ3) is 5.21. The standard InChI is InChI=1S/C15H22ClNS/c16-14-6-8-15(9-7-14)18-13-5-12-17-10-3-1-2-4-11-17/h6-9H,1-5,10-13H2. The van der Waals surface area contributed by atoms with Crippen molar-refractivity contribution in [2.45, 2.75) is 37.0 Å². The lowest BCUT2D eigenvalue weighted by atomic mass is 10.2. The van der Waals surface area contributed by atoms with Crippen molar-refractivity contribution in [3.63, 3.8) is 0 Å². The first-order valence-corrected chi connectivity index (χ1v) is 8.32. The fourth-order valence-electron chi connectivity index (χ4n) is 2.37. The summed E-state index contributed by atoms with van der Waals surface area (Å²) in [5.74, 6) is 1.21. The van der Waals surface area contributed by atoms with Crippen LogP contribution in [0.2, 0.25) is 5.02 Å². The van der Waals surface area contributed by atoms with Crippen molar-refractivity contribution < 1.29 is 0 Å². The van der Waals surface area contributed by atoms with Gasteiger partial charge in [0.1, 0.15) is 0 Å². The van der Waals surface area contributed by atoms with Crippen molar-refractivity contribution in [3.8, 4) is 0 Å². The summed E-state index contributed by atoms with van der Waals surface area (Å²) in [6, 6.07) is 8.16. The van der Waals surface area contributed by atoms with E-state index in [1.54, 1.807) is 0 Å². The van der Waals surface area contributed by atoms with Crippen LogP contribution < -0.4 is 0 Å². The molecule has 1 aliphatic heterocycles. The van der Waals surface area contributed by atoms with Crippen LogP contribution in [0.1, 0.15) is 32.1 Å². The molecule has 3 heteroatoms. The number of benzene rings is 1. The van der Waals surface area contributed by atoms with E-state index < -0.39 is 0 Å². The lowest BCUT2D eigenvalue weighted by molar-refractivity contribution is 0.286. The minimum Gasteiger partial charge on any atom is -0.303 e. The van der Waals surface area contributed by atoms with Crippen LogP contribution in [0.15, 0.2) is 29.2 Å². The summed E-state index contributed by atoms with van der Waals surface area (Å²) in [5, 5.41) is 0.823. The summed E-state index contributed by atoms with van der Waals surface area (Å²) in [5.41, 5.74) is 0. The number of hydrogen-bond acceptors (Lipinski definition) is 2. The molecule has 0 saturated carbocycles. The van der Waals surface area contributed by atoms with Crippen LogP contribution in [0.25, 0.3) is 0 Å². The Labute approximate surface area is 120 Å². The SMILES string of the molecule is Clc1ccc(SCCCN2CCCCCC2)cc1. The molecule has 0 atom stereocenters. The van der Waals surface area contributed by atoms with Gasteiger partial charge in [0.05, 0.1) is 0 Å². The van der Waals surface area contributed by atoms with Crippen LogP contribution in [0.4, 0.5) is 0 Å². The molecule has 1 aromatic rings. The van der Waals surface area contributed by atoms with Gasteiger partial charge in [0.15, 0.2) is 0 Å². The number of hydrogen-bond donors (Lipinski definition) is 0. The van der Waals surface area contributed by atoms with E-state index in [4.69, 9.17) is 11.6 Å². The summed E-state index contributed by atoms with van der Waals surface area (Å²) in [6.45, 7) is 3.89. The molecular weight excluding hydrogens is 262 g/mol. The van der Waals surface area contributed by atoms with Crippen molar-refractivity contribution in [3.05, 3.63) is 29.3 Å². The van der Waals surface area contributed by atoms with E-state index in [-0.39, 0.29) is 0 Å². The van der Waals surface area contributed by atoms with E-state index in [9.17, 15) is 0 Å². The molecule has 18 heavy (non-hydrogen) atoms. The predicted octanol–water partition coefficient (Wildman–Crippen LogP) is 4.70. The molecule has 0 bridgehead atoms. The van der Waals surface area contributed by atoms with E-state index in [0.29, 0.717) is 0 Å². The van der Waals surface area contributed by atoms with Crippen molar-refractivity contribution in [1.29, 1.82) is 0 Å². The molecular formula is C15H22ClNS.